The zero-order chi connectivity index (χ0) is 12.5. The minimum absolute atomic E-state index is 0.0238. The fraction of sp³-hybridized carbons (Fsp3) is 0.250. The SMILES string of the molecule is COC(=O)c1sc(C(F)(F)F)c(C#N)c1I. The molecule has 0 bridgehead atoms. The number of hydrogen-bond acceptors (Lipinski definition) is 4. The van der Waals surface area contributed by atoms with Crippen molar-refractivity contribution >= 4 is 39.9 Å². The molecule has 0 aliphatic rings. The number of methoxy groups -OCH3 is 1. The van der Waals surface area contributed by atoms with Crippen LogP contribution in [0.5, 0.6) is 0 Å². The highest BCUT2D eigenvalue weighted by molar-refractivity contribution is 14.1. The van der Waals surface area contributed by atoms with Crippen molar-refractivity contribution in [3.8, 4) is 6.07 Å². The van der Waals surface area contributed by atoms with Gasteiger partial charge >= 0.3 is 12.1 Å². The number of rotatable bonds is 1. The fourth-order valence-corrected chi connectivity index (χ4v) is 2.99. The number of hydrogen-bond donors (Lipinski definition) is 0. The maximum atomic E-state index is 12.5. The summed E-state index contributed by atoms with van der Waals surface area (Å²) in [5.41, 5.74) is -0.529. The molecule has 0 radical (unpaired) electrons. The molecule has 0 saturated heterocycles. The van der Waals surface area contributed by atoms with Gasteiger partial charge in [-0.05, 0) is 22.6 Å². The molecule has 0 aliphatic carbocycles. The van der Waals surface area contributed by atoms with Gasteiger partial charge in [-0.3, -0.25) is 0 Å². The van der Waals surface area contributed by atoms with E-state index < -0.39 is 22.6 Å². The van der Waals surface area contributed by atoms with Gasteiger partial charge in [0.05, 0.1) is 16.2 Å². The molecule has 0 fully saturated rings. The van der Waals surface area contributed by atoms with Crippen molar-refractivity contribution < 1.29 is 22.7 Å². The van der Waals surface area contributed by atoms with Crippen LogP contribution in [0.2, 0.25) is 0 Å². The first kappa shape index (κ1) is 13.2. The lowest BCUT2D eigenvalue weighted by Gasteiger charge is -2.02. The van der Waals surface area contributed by atoms with Crippen LogP contribution in [0.25, 0.3) is 0 Å². The van der Waals surface area contributed by atoms with Crippen LogP contribution in [-0.2, 0) is 10.9 Å². The Kier molecular flexibility index (Phi) is 3.80. The molecule has 0 N–H and O–H groups in total. The molecule has 1 aromatic heterocycles. The highest BCUT2D eigenvalue weighted by Crippen LogP contribution is 2.41. The van der Waals surface area contributed by atoms with Gasteiger partial charge in [0, 0.05) is 0 Å². The Morgan fingerprint density at radius 2 is 2.12 bits per heavy atom. The summed E-state index contributed by atoms with van der Waals surface area (Å²) in [4.78, 5) is 9.88. The van der Waals surface area contributed by atoms with Crippen LogP contribution >= 0.6 is 33.9 Å². The van der Waals surface area contributed by atoms with E-state index in [2.05, 4.69) is 4.74 Å². The maximum Gasteiger partial charge on any atom is 0.426 e. The van der Waals surface area contributed by atoms with Crippen LogP contribution in [-0.4, -0.2) is 13.1 Å². The minimum atomic E-state index is -4.64. The first-order valence-electron chi connectivity index (χ1n) is 3.70. The van der Waals surface area contributed by atoms with E-state index in [0.717, 1.165) is 7.11 Å². The molecule has 1 heterocycles. The van der Waals surface area contributed by atoms with E-state index in [-0.39, 0.29) is 19.8 Å². The summed E-state index contributed by atoms with van der Waals surface area (Å²) in [6, 6.07) is 1.44. The summed E-state index contributed by atoms with van der Waals surface area (Å²) in [7, 11) is 1.07. The molecule has 1 rings (SSSR count). The van der Waals surface area contributed by atoms with Gasteiger partial charge in [-0.1, -0.05) is 0 Å². The third-order valence-electron chi connectivity index (χ3n) is 1.59. The summed E-state index contributed by atoms with van der Waals surface area (Å²) in [6.07, 6.45) is -4.64. The van der Waals surface area contributed by atoms with Gasteiger partial charge in [0.1, 0.15) is 15.8 Å². The molecule has 0 spiro atoms. The number of esters is 1. The van der Waals surface area contributed by atoms with Crippen molar-refractivity contribution in [2.75, 3.05) is 7.11 Å². The summed E-state index contributed by atoms with van der Waals surface area (Å²) >= 11 is 1.75. The zero-order valence-corrected chi connectivity index (χ0v) is 10.7. The third-order valence-corrected chi connectivity index (χ3v) is 4.25. The predicted octanol–water partition coefficient (Wildman–Crippen LogP) is 3.03. The molecule has 0 amide bonds. The molecule has 8 heteroatoms. The molecule has 0 saturated carbocycles. The largest absolute Gasteiger partial charge is 0.465 e. The molecule has 3 nitrogen and oxygen atoms in total. The second kappa shape index (κ2) is 4.58. The highest BCUT2D eigenvalue weighted by Gasteiger charge is 2.39. The first-order chi connectivity index (χ1) is 7.32. The zero-order valence-electron chi connectivity index (χ0n) is 7.68. The Morgan fingerprint density at radius 1 is 1.56 bits per heavy atom. The van der Waals surface area contributed by atoms with Gasteiger partial charge in [0.15, 0.2) is 0 Å². The molecular formula is C8H3F3INO2S. The van der Waals surface area contributed by atoms with Crippen molar-refractivity contribution in [2.45, 2.75) is 6.18 Å². The predicted molar refractivity (Wildman–Crippen MR) is 58.1 cm³/mol. The topological polar surface area (TPSA) is 50.1 Å². The Morgan fingerprint density at radius 3 is 2.44 bits per heavy atom. The number of alkyl halides is 3. The lowest BCUT2D eigenvalue weighted by atomic mass is 10.2. The van der Waals surface area contributed by atoms with E-state index in [9.17, 15) is 18.0 Å². The van der Waals surface area contributed by atoms with Crippen LogP contribution in [0, 0.1) is 14.9 Å². The van der Waals surface area contributed by atoms with Gasteiger partial charge in [-0.15, -0.1) is 11.3 Å². The summed E-state index contributed by atoms with van der Waals surface area (Å²) in [6.45, 7) is 0. The molecular weight excluding hydrogens is 358 g/mol. The van der Waals surface area contributed by atoms with Crippen LogP contribution in [0.1, 0.15) is 20.1 Å². The molecule has 0 aromatic carbocycles. The standard InChI is InChI=1S/C8H3F3INO2S/c1-15-7(14)5-4(12)3(2-13)6(16-5)8(9,10)11/h1H3. The number of carbonyl (C=O) groups excluding carboxylic acids is 1. The number of halogens is 4. The Balaban J connectivity index is 3.45. The summed E-state index contributed by atoms with van der Waals surface area (Å²) < 4.78 is 41.8. The van der Waals surface area contributed by atoms with Gasteiger partial charge in [-0.25, -0.2) is 4.79 Å². The molecule has 0 unspecified atom stereocenters. The van der Waals surface area contributed by atoms with Crippen molar-refractivity contribution in [3.63, 3.8) is 0 Å². The van der Waals surface area contributed by atoms with E-state index in [1.165, 1.54) is 28.7 Å². The van der Waals surface area contributed by atoms with Gasteiger partial charge < -0.3 is 4.74 Å². The molecule has 0 aliphatic heterocycles. The van der Waals surface area contributed by atoms with E-state index in [1.807, 2.05) is 0 Å². The van der Waals surface area contributed by atoms with E-state index in [1.54, 1.807) is 0 Å². The highest BCUT2D eigenvalue weighted by atomic mass is 127. The van der Waals surface area contributed by atoms with Gasteiger partial charge in [0.2, 0.25) is 0 Å². The summed E-state index contributed by atoms with van der Waals surface area (Å²) in [5.74, 6) is -0.874. The van der Waals surface area contributed by atoms with Crippen molar-refractivity contribution in [3.05, 3.63) is 18.9 Å². The number of nitrogens with zero attached hydrogens (tertiary/aromatic N) is 1. The van der Waals surface area contributed by atoms with Crippen LogP contribution in [0.15, 0.2) is 0 Å². The Labute approximate surface area is 106 Å². The quantitative estimate of drug-likeness (QED) is 0.571. The molecule has 1 aromatic rings. The smallest absolute Gasteiger partial charge is 0.426 e. The monoisotopic (exact) mass is 361 g/mol. The lowest BCUT2D eigenvalue weighted by Crippen LogP contribution is -2.04. The van der Waals surface area contributed by atoms with E-state index >= 15 is 0 Å². The van der Waals surface area contributed by atoms with Crippen molar-refractivity contribution in [1.82, 2.24) is 0 Å². The van der Waals surface area contributed by atoms with Crippen LogP contribution in [0.4, 0.5) is 13.2 Å². The minimum Gasteiger partial charge on any atom is -0.465 e. The van der Waals surface area contributed by atoms with E-state index in [0.29, 0.717) is 0 Å². The number of thiophene rings is 1. The second-order valence-electron chi connectivity index (χ2n) is 2.55. The van der Waals surface area contributed by atoms with Crippen molar-refractivity contribution in [1.29, 1.82) is 5.26 Å². The van der Waals surface area contributed by atoms with Gasteiger partial charge in [-0.2, -0.15) is 18.4 Å². The third kappa shape index (κ3) is 2.30. The lowest BCUT2D eigenvalue weighted by molar-refractivity contribution is -0.134. The van der Waals surface area contributed by atoms with Crippen molar-refractivity contribution in [2.24, 2.45) is 0 Å². The second-order valence-corrected chi connectivity index (χ2v) is 4.65. The van der Waals surface area contributed by atoms with Crippen LogP contribution in [0.3, 0.4) is 0 Å². The average molecular weight is 361 g/mol. The fourth-order valence-electron chi connectivity index (χ4n) is 0.935. The number of carbonyl (C=O) groups is 1. The average Bonchev–Trinajstić information content (AvgIpc) is 2.53. The Bertz CT molecular complexity index is 475. The molecule has 86 valence electrons. The number of ether oxygens (including phenoxy) is 1. The summed E-state index contributed by atoms with van der Waals surface area (Å²) in [5, 5.41) is 8.63. The maximum absolute atomic E-state index is 12.5. The first-order valence-corrected chi connectivity index (χ1v) is 5.60. The molecule has 0 atom stereocenters. The number of nitriles is 1. The molecule has 16 heavy (non-hydrogen) atoms. The normalized spacial score (nSPS) is 11.0. The van der Waals surface area contributed by atoms with Gasteiger partial charge in [0.25, 0.3) is 0 Å². The van der Waals surface area contributed by atoms with E-state index in [4.69, 9.17) is 5.26 Å². The van der Waals surface area contributed by atoms with Crippen LogP contribution < -0.4 is 0 Å². The Hall–Kier alpha value is -0.820.